The van der Waals surface area contributed by atoms with E-state index in [-0.39, 0.29) is 6.61 Å². The summed E-state index contributed by atoms with van der Waals surface area (Å²) in [6.07, 6.45) is 4.13. The number of fused-ring (bicyclic) bond motifs is 1. The number of carbonyl (C=O) groups excluding carboxylic acids is 1. The fourth-order valence-electron chi connectivity index (χ4n) is 3.74. The summed E-state index contributed by atoms with van der Waals surface area (Å²) in [6.45, 7) is 5.17. The maximum absolute atomic E-state index is 12.3. The van der Waals surface area contributed by atoms with Crippen molar-refractivity contribution in [1.82, 2.24) is 9.55 Å². The zero-order valence-electron chi connectivity index (χ0n) is 17.1. The number of carbonyl (C=O) groups is 1. The molecule has 0 amide bonds. The molecular formula is C23H27N3O3. The topological polar surface area (TPSA) is 76.4 Å². The second kappa shape index (κ2) is 7.87. The van der Waals surface area contributed by atoms with Crippen LogP contribution in [0.25, 0.3) is 10.9 Å². The van der Waals surface area contributed by atoms with Crippen molar-refractivity contribution in [3.63, 3.8) is 0 Å². The van der Waals surface area contributed by atoms with Crippen LogP contribution in [0.4, 0.5) is 11.5 Å². The fraction of sp³-hybridized carbons (Fsp3) is 0.391. The Morgan fingerprint density at radius 1 is 1.31 bits per heavy atom. The van der Waals surface area contributed by atoms with E-state index >= 15 is 0 Å². The molecule has 2 aromatic heterocycles. The van der Waals surface area contributed by atoms with Crippen LogP contribution in [0.15, 0.2) is 36.5 Å². The molecule has 1 aliphatic rings. The predicted molar refractivity (Wildman–Crippen MR) is 114 cm³/mol. The number of nitrogens with one attached hydrogen (secondary N) is 1. The number of hydrogen-bond donors (Lipinski definition) is 2. The van der Waals surface area contributed by atoms with Gasteiger partial charge in [0.2, 0.25) is 0 Å². The van der Waals surface area contributed by atoms with Gasteiger partial charge in [-0.05, 0) is 60.6 Å². The number of hydrogen-bond acceptors (Lipinski definition) is 5. The number of aliphatic hydroxyl groups is 1. The summed E-state index contributed by atoms with van der Waals surface area (Å²) in [5.74, 6) is 1.08. The molecule has 0 bridgehead atoms. The van der Waals surface area contributed by atoms with E-state index in [1.807, 2.05) is 36.5 Å². The van der Waals surface area contributed by atoms with Gasteiger partial charge in [-0.2, -0.15) is 0 Å². The number of benzene rings is 1. The predicted octanol–water partition coefficient (Wildman–Crippen LogP) is 4.59. The molecule has 4 rings (SSSR count). The van der Waals surface area contributed by atoms with Crippen molar-refractivity contribution in [1.29, 1.82) is 0 Å². The molecule has 1 fully saturated rings. The molecule has 0 saturated heterocycles. The molecule has 0 atom stereocenters. The summed E-state index contributed by atoms with van der Waals surface area (Å²) >= 11 is 0. The van der Waals surface area contributed by atoms with Crippen molar-refractivity contribution in [3.8, 4) is 0 Å². The summed E-state index contributed by atoms with van der Waals surface area (Å²) in [7, 11) is 1.38. The van der Waals surface area contributed by atoms with E-state index in [0.29, 0.717) is 23.2 Å². The van der Waals surface area contributed by atoms with E-state index in [1.165, 1.54) is 7.11 Å². The molecule has 0 unspecified atom stereocenters. The minimum atomic E-state index is -0.394. The highest BCUT2D eigenvalue weighted by molar-refractivity contribution is 5.96. The summed E-state index contributed by atoms with van der Waals surface area (Å²) < 4.78 is 7.12. The summed E-state index contributed by atoms with van der Waals surface area (Å²) in [4.78, 5) is 16.8. The number of aliphatic hydroxyl groups excluding tert-OH is 1. The van der Waals surface area contributed by atoms with Crippen molar-refractivity contribution in [2.45, 2.75) is 45.8 Å². The van der Waals surface area contributed by atoms with Crippen molar-refractivity contribution in [3.05, 3.63) is 53.3 Å². The molecule has 6 nitrogen and oxygen atoms in total. The van der Waals surface area contributed by atoms with Crippen LogP contribution < -0.4 is 5.32 Å². The summed E-state index contributed by atoms with van der Waals surface area (Å²) in [5.41, 5.74) is 4.35. The van der Waals surface area contributed by atoms with E-state index in [4.69, 9.17) is 4.74 Å². The largest absolute Gasteiger partial charge is 0.465 e. The van der Waals surface area contributed by atoms with E-state index in [0.717, 1.165) is 47.2 Å². The Hall–Kier alpha value is -2.86. The average molecular weight is 393 g/mol. The second-order valence-corrected chi connectivity index (χ2v) is 8.13. The highest BCUT2D eigenvalue weighted by Gasteiger charge is 2.26. The van der Waals surface area contributed by atoms with E-state index in [2.05, 4.69) is 28.7 Å². The Morgan fingerprint density at radius 3 is 2.76 bits per heavy atom. The molecule has 1 aliphatic carbocycles. The van der Waals surface area contributed by atoms with Crippen LogP contribution in [0, 0.1) is 5.92 Å². The van der Waals surface area contributed by atoms with Crippen LogP contribution in [-0.2, 0) is 17.9 Å². The summed E-state index contributed by atoms with van der Waals surface area (Å²) in [6, 6.07) is 9.92. The monoisotopic (exact) mass is 393 g/mol. The number of aromatic nitrogens is 2. The van der Waals surface area contributed by atoms with E-state index in [1.54, 1.807) is 0 Å². The van der Waals surface area contributed by atoms with Gasteiger partial charge >= 0.3 is 5.97 Å². The zero-order valence-corrected chi connectivity index (χ0v) is 17.1. The second-order valence-electron chi connectivity index (χ2n) is 8.13. The molecule has 29 heavy (non-hydrogen) atoms. The van der Waals surface area contributed by atoms with Gasteiger partial charge in [-0.15, -0.1) is 0 Å². The van der Waals surface area contributed by atoms with E-state index in [9.17, 15) is 9.90 Å². The minimum absolute atomic E-state index is 0.000828. The molecule has 1 saturated carbocycles. The van der Waals surface area contributed by atoms with Crippen molar-refractivity contribution >= 4 is 28.4 Å². The fourth-order valence-corrected chi connectivity index (χ4v) is 3.74. The van der Waals surface area contributed by atoms with Crippen LogP contribution in [-0.4, -0.2) is 27.7 Å². The molecule has 6 heteroatoms. The highest BCUT2D eigenvalue weighted by atomic mass is 16.5. The van der Waals surface area contributed by atoms with Gasteiger partial charge in [0.05, 0.1) is 13.7 Å². The molecule has 0 aliphatic heterocycles. The molecule has 1 aromatic carbocycles. The number of rotatable bonds is 7. The summed E-state index contributed by atoms with van der Waals surface area (Å²) in [5, 5.41) is 14.0. The molecule has 2 heterocycles. The third-order valence-electron chi connectivity index (χ3n) is 5.32. The van der Waals surface area contributed by atoms with Crippen LogP contribution >= 0.6 is 0 Å². The third kappa shape index (κ3) is 3.98. The van der Waals surface area contributed by atoms with Crippen LogP contribution in [0.2, 0.25) is 0 Å². The molecule has 152 valence electrons. The van der Waals surface area contributed by atoms with Crippen molar-refractivity contribution in [2.75, 3.05) is 12.4 Å². The molecule has 0 spiro atoms. The van der Waals surface area contributed by atoms with Gasteiger partial charge in [-0.1, -0.05) is 13.8 Å². The third-order valence-corrected chi connectivity index (χ3v) is 5.32. The molecular weight excluding hydrogens is 366 g/mol. The number of esters is 1. The maximum Gasteiger partial charge on any atom is 0.341 e. The first-order valence-corrected chi connectivity index (χ1v) is 10.1. The molecule has 0 radical (unpaired) electrons. The number of anilines is 2. The van der Waals surface area contributed by atoms with Crippen LogP contribution in [0.3, 0.4) is 0 Å². The van der Waals surface area contributed by atoms with Crippen LogP contribution in [0.1, 0.15) is 54.2 Å². The first-order valence-electron chi connectivity index (χ1n) is 10.1. The molecule has 3 aromatic rings. The quantitative estimate of drug-likeness (QED) is 0.574. The van der Waals surface area contributed by atoms with Gasteiger partial charge in [0.25, 0.3) is 0 Å². The van der Waals surface area contributed by atoms with Gasteiger partial charge in [0.15, 0.2) is 0 Å². The number of pyridine rings is 1. The SMILES string of the molecule is COC(=O)c1cc(C2CC2)cnc1Nc1ccc2c(c1)cc(CO)n2CC(C)C. The number of ether oxygens (including phenoxy) is 1. The first-order chi connectivity index (χ1) is 14.0. The first kappa shape index (κ1) is 19.5. The Kier molecular flexibility index (Phi) is 5.28. The Morgan fingerprint density at radius 2 is 2.10 bits per heavy atom. The highest BCUT2D eigenvalue weighted by Crippen LogP contribution is 2.40. The van der Waals surface area contributed by atoms with Crippen molar-refractivity contribution < 1.29 is 14.6 Å². The smallest absolute Gasteiger partial charge is 0.341 e. The van der Waals surface area contributed by atoms with Gasteiger partial charge in [-0.25, -0.2) is 9.78 Å². The Labute approximate surface area is 170 Å². The van der Waals surface area contributed by atoms with E-state index < -0.39 is 5.97 Å². The Bertz CT molecular complexity index is 1050. The van der Waals surface area contributed by atoms with Gasteiger partial charge in [-0.3, -0.25) is 0 Å². The van der Waals surface area contributed by atoms with Crippen LogP contribution in [0.5, 0.6) is 0 Å². The standard InChI is InChI=1S/C23H27N3O3/c1-14(2)12-26-19(13-27)9-16-8-18(6-7-21(16)26)25-22-20(23(28)29-3)10-17(11-24-22)15-4-5-15/h6-11,14-15,27H,4-5,12-13H2,1-3H3,(H,24,25). The lowest BCUT2D eigenvalue weighted by molar-refractivity contribution is 0.0601. The maximum atomic E-state index is 12.3. The van der Waals surface area contributed by atoms with Gasteiger partial charge in [0, 0.05) is 35.0 Å². The average Bonchev–Trinajstić information content (AvgIpc) is 3.50. The van der Waals surface area contributed by atoms with Crippen molar-refractivity contribution in [2.24, 2.45) is 5.92 Å². The lowest BCUT2D eigenvalue weighted by Gasteiger charge is -2.13. The lowest BCUT2D eigenvalue weighted by atomic mass is 10.1. The minimum Gasteiger partial charge on any atom is -0.465 e. The number of methoxy groups -OCH3 is 1. The normalized spacial score (nSPS) is 13.8. The lowest BCUT2D eigenvalue weighted by Crippen LogP contribution is -2.08. The zero-order chi connectivity index (χ0) is 20.5. The molecule has 2 N–H and O–H groups in total. The number of nitrogens with zero attached hydrogens (tertiary/aromatic N) is 2. The van der Waals surface area contributed by atoms with Gasteiger partial charge < -0.3 is 19.7 Å². The Balaban J connectivity index is 1.68. The van der Waals surface area contributed by atoms with Gasteiger partial charge in [0.1, 0.15) is 11.4 Å².